The van der Waals surface area contributed by atoms with Gasteiger partial charge in [-0.2, -0.15) is 0 Å². The molecule has 3 aromatic carbocycles. The Morgan fingerprint density at radius 1 is 0.842 bits per heavy atom. The highest BCUT2D eigenvalue weighted by Gasteiger charge is 2.21. The molecule has 0 saturated carbocycles. The summed E-state index contributed by atoms with van der Waals surface area (Å²) in [5.74, 6) is 0. The van der Waals surface area contributed by atoms with E-state index < -0.39 is 8.07 Å². The van der Waals surface area contributed by atoms with Crippen LogP contribution in [0.15, 0.2) is 66.9 Å². The van der Waals surface area contributed by atoms with Crippen LogP contribution in [0.3, 0.4) is 0 Å². The molecule has 0 aliphatic heterocycles. The van der Waals surface area contributed by atoms with E-state index in [1.807, 2.05) is 0 Å². The molecule has 3 rings (SSSR count). The van der Waals surface area contributed by atoms with Crippen molar-refractivity contribution in [3.8, 4) is 0 Å². The third-order valence-corrected chi connectivity index (χ3v) is 6.80. The molecule has 1 heteroatoms. The van der Waals surface area contributed by atoms with Crippen LogP contribution < -0.4 is 5.19 Å². The second-order valence-corrected chi connectivity index (χ2v) is 10.0. The van der Waals surface area contributed by atoms with Crippen molar-refractivity contribution in [2.75, 3.05) is 0 Å². The third-order valence-electron chi connectivity index (χ3n) is 3.95. The molecule has 0 aliphatic rings. The minimum atomic E-state index is -1.54. The Labute approximate surface area is 115 Å². The first-order valence-electron chi connectivity index (χ1n) is 6.67. The molecule has 0 bridgehead atoms. The van der Waals surface area contributed by atoms with E-state index in [1.165, 1.54) is 26.7 Å². The number of benzene rings is 3. The molecular weight excluding hydrogens is 244 g/mol. The maximum Gasteiger partial charge on any atom is 0.104 e. The molecule has 3 aromatic rings. The minimum Gasteiger partial charge on any atom is -0.107 e. The van der Waals surface area contributed by atoms with Gasteiger partial charge in [-0.05, 0) is 38.9 Å². The standard InChI is InChI=1S/C18H18Si/c1-4-19(2,3)18-11-7-10-16-12-14-8-5-6-9-15(14)13-17(16)18/h4-13H,1H2,2-3H3. The highest BCUT2D eigenvalue weighted by atomic mass is 28.3. The summed E-state index contributed by atoms with van der Waals surface area (Å²) in [6.45, 7) is 8.74. The molecule has 19 heavy (non-hydrogen) atoms. The van der Waals surface area contributed by atoms with Gasteiger partial charge in [0.2, 0.25) is 0 Å². The SMILES string of the molecule is C=C[Si](C)(C)c1cccc2cc3ccccc3cc12. The lowest BCUT2D eigenvalue weighted by molar-refractivity contribution is 1.75. The van der Waals surface area contributed by atoms with Crippen LogP contribution in [-0.4, -0.2) is 8.07 Å². The molecule has 0 spiro atoms. The summed E-state index contributed by atoms with van der Waals surface area (Å²) in [6.07, 6.45) is 0. The summed E-state index contributed by atoms with van der Waals surface area (Å²) < 4.78 is 0. The van der Waals surface area contributed by atoms with E-state index in [-0.39, 0.29) is 0 Å². The van der Waals surface area contributed by atoms with E-state index in [0.717, 1.165) is 0 Å². The van der Waals surface area contributed by atoms with Gasteiger partial charge in [0.1, 0.15) is 8.07 Å². The highest BCUT2D eigenvalue weighted by Crippen LogP contribution is 2.23. The van der Waals surface area contributed by atoms with Gasteiger partial charge >= 0.3 is 0 Å². The average molecular weight is 262 g/mol. The van der Waals surface area contributed by atoms with Crippen molar-refractivity contribution < 1.29 is 0 Å². The maximum atomic E-state index is 4.04. The van der Waals surface area contributed by atoms with E-state index in [2.05, 4.69) is 80.0 Å². The third kappa shape index (κ3) is 2.00. The largest absolute Gasteiger partial charge is 0.107 e. The Bertz CT molecular complexity index is 769. The van der Waals surface area contributed by atoms with Gasteiger partial charge in [0.25, 0.3) is 0 Å². The van der Waals surface area contributed by atoms with Crippen LogP contribution in [0.25, 0.3) is 21.5 Å². The summed E-state index contributed by atoms with van der Waals surface area (Å²) >= 11 is 0. The second-order valence-electron chi connectivity index (χ2n) is 5.65. The Morgan fingerprint density at radius 3 is 2.16 bits per heavy atom. The molecule has 0 heterocycles. The predicted octanol–water partition coefficient (Wildman–Crippen LogP) is 4.63. The first-order chi connectivity index (χ1) is 9.12. The van der Waals surface area contributed by atoms with Crippen LogP contribution in [0.1, 0.15) is 0 Å². The van der Waals surface area contributed by atoms with Gasteiger partial charge in [-0.25, -0.2) is 0 Å². The summed E-state index contributed by atoms with van der Waals surface area (Å²) in [5, 5.41) is 6.82. The molecule has 0 aliphatic carbocycles. The minimum absolute atomic E-state index is 1.31. The van der Waals surface area contributed by atoms with Gasteiger partial charge in [0, 0.05) is 0 Å². The van der Waals surface area contributed by atoms with Crippen LogP contribution in [0.5, 0.6) is 0 Å². The van der Waals surface area contributed by atoms with Crippen LogP contribution in [0.4, 0.5) is 0 Å². The normalized spacial score (nSPS) is 11.9. The summed E-state index contributed by atoms with van der Waals surface area (Å²) in [6, 6.07) is 19.8. The molecule has 0 nitrogen and oxygen atoms in total. The number of hydrogen-bond donors (Lipinski definition) is 0. The zero-order valence-corrected chi connectivity index (χ0v) is 12.5. The average Bonchev–Trinajstić information content (AvgIpc) is 2.44. The van der Waals surface area contributed by atoms with Crippen LogP contribution in [-0.2, 0) is 0 Å². The van der Waals surface area contributed by atoms with E-state index >= 15 is 0 Å². The lowest BCUT2D eigenvalue weighted by atomic mass is 10.0. The second kappa shape index (κ2) is 4.36. The van der Waals surface area contributed by atoms with Gasteiger partial charge in [0.15, 0.2) is 0 Å². The molecule has 94 valence electrons. The fourth-order valence-corrected chi connectivity index (χ4v) is 4.30. The van der Waals surface area contributed by atoms with E-state index in [1.54, 1.807) is 0 Å². The van der Waals surface area contributed by atoms with Crippen molar-refractivity contribution in [2.24, 2.45) is 0 Å². The van der Waals surface area contributed by atoms with E-state index in [4.69, 9.17) is 0 Å². The fourth-order valence-electron chi connectivity index (χ4n) is 2.64. The molecule has 0 N–H and O–H groups in total. The van der Waals surface area contributed by atoms with Crippen molar-refractivity contribution in [3.63, 3.8) is 0 Å². The van der Waals surface area contributed by atoms with Gasteiger partial charge in [-0.15, -0.1) is 6.58 Å². The lowest BCUT2D eigenvalue weighted by Gasteiger charge is -2.20. The van der Waals surface area contributed by atoms with Crippen molar-refractivity contribution >= 4 is 34.8 Å². The smallest absolute Gasteiger partial charge is 0.104 e. The topological polar surface area (TPSA) is 0 Å². The zero-order chi connectivity index (χ0) is 13.5. The first-order valence-corrected chi connectivity index (χ1v) is 9.75. The Kier molecular flexibility index (Phi) is 2.79. The van der Waals surface area contributed by atoms with Crippen molar-refractivity contribution in [1.29, 1.82) is 0 Å². The Balaban J connectivity index is 2.42. The lowest BCUT2D eigenvalue weighted by Crippen LogP contribution is -2.39. The van der Waals surface area contributed by atoms with Crippen molar-refractivity contribution in [3.05, 3.63) is 66.9 Å². The monoisotopic (exact) mass is 262 g/mol. The summed E-state index contributed by atoms with van der Waals surface area (Å²) in [7, 11) is -1.54. The molecule has 0 unspecified atom stereocenters. The van der Waals surface area contributed by atoms with E-state index in [9.17, 15) is 0 Å². The van der Waals surface area contributed by atoms with Crippen LogP contribution in [0, 0.1) is 0 Å². The molecule has 0 saturated heterocycles. The first kappa shape index (κ1) is 12.2. The van der Waals surface area contributed by atoms with Crippen LogP contribution >= 0.6 is 0 Å². The molecule has 0 aromatic heterocycles. The molecule has 0 atom stereocenters. The Hall–Kier alpha value is -1.86. The quantitative estimate of drug-likeness (QED) is 0.466. The van der Waals surface area contributed by atoms with Crippen molar-refractivity contribution in [2.45, 2.75) is 13.1 Å². The number of rotatable bonds is 2. The fraction of sp³-hybridized carbons (Fsp3) is 0.111. The van der Waals surface area contributed by atoms with Gasteiger partial charge < -0.3 is 0 Å². The van der Waals surface area contributed by atoms with Gasteiger partial charge in [-0.3, -0.25) is 0 Å². The maximum absolute atomic E-state index is 4.04. The predicted molar refractivity (Wildman–Crippen MR) is 88.8 cm³/mol. The van der Waals surface area contributed by atoms with E-state index in [0.29, 0.717) is 0 Å². The summed E-state index contributed by atoms with van der Waals surface area (Å²) in [4.78, 5) is 0. The molecular formula is C18H18Si. The van der Waals surface area contributed by atoms with Gasteiger partial charge in [-0.1, -0.05) is 61.3 Å². The zero-order valence-electron chi connectivity index (χ0n) is 11.5. The van der Waals surface area contributed by atoms with Gasteiger partial charge in [0.05, 0.1) is 0 Å². The molecule has 0 fully saturated rings. The molecule has 0 radical (unpaired) electrons. The summed E-state index contributed by atoms with van der Waals surface area (Å²) in [5.41, 5.74) is 2.16. The van der Waals surface area contributed by atoms with Crippen molar-refractivity contribution in [1.82, 2.24) is 0 Å². The number of fused-ring (bicyclic) bond motifs is 2. The van der Waals surface area contributed by atoms with Crippen LogP contribution in [0.2, 0.25) is 13.1 Å². The Morgan fingerprint density at radius 2 is 1.47 bits per heavy atom. The number of hydrogen-bond acceptors (Lipinski definition) is 0. The molecule has 0 amide bonds. The highest BCUT2D eigenvalue weighted by molar-refractivity contribution is 6.95.